The average Bonchev–Trinajstić information content (AvgIpc) is 2.65. The number of rotatable bonds is 7. The van der Waals surface area contributed by atoms with Crippen LogP contribution in [0.1, 0.15) is 6.42 Å². The molecule has 140 valence electrons. The fourth-order valence-corrected chi connectivity index (χ4v) is 3.26. The number of hydrogen-bond donors (Lipinski definition) is 1. The summed E-state index contributed by atoms with van der Waals surface area (Å²) in [6.07, 6.45) is 2.90. The Morgan fingerprint density at radius 3 is 2.62 bits per heavy atom. The Kier molecular flexibility index (Phi) is 6.52. The summed E-state index contributed by atoms with van der Waals surface area (Å²) in [4.78, 5) is 15.9. The van der Waals surface area contributed by atoms with Crippen molar-refractivity contribution in [3.63, 3.8) is 0 Å². The van der Waals surface area contributed by atoms with Crippen LogP contribution in [-0.4, -0.2) is 68.2 Å². The quantitative estimate of drug-likeness (QED) is 0.752. The summed E-state index contributed by atoms with van der Waals surface area (Å²) in [6.45, 7) is 5.71. The molecule has 1 aliphatic heterocycles. The molecule has 7 heteroatoms. The molecule has 1 aromatic heterocycles. The van der Waals surface area contributed by atoms with Gasteiger partial charge in [-0.25, -0.2) is 4.98 Å². The Hall–Kier alpha value is -2.05. The van der Waals surface area contributed by atoms with Gasteiger partial charge in [0.25, 0.3) is 0 Å². The van der Waals surface area contributed by atoms with Gasteiger partial charge in [-0.15, -0.1) is 0 Å². The second-order valence-electron chi connectivity index (χ2n) is 6.78. The van der Waals surface area contributed by atoms with Crippen LogP contribution in [0.2, 0.25) is 5.02 Å². The van der Waals surface area contributed by atoms with E-state index in [0.29, 0.717) is 5.95 Å². The molecule has 6 nitrogen and oxygen atoms in total. The Balaban J connectivity index is 1.53. The van der Waals surface area contributed by atoms with Gasteiger partial charge in [0, 0.05) is 49.6 Å². The standard InChI is InChI=1S/C19H27ClN6/c1-24(2)10-4-8-21-19-22-9-7-18(23-19)26-13-11-25(12-14-26)17-6-3-5-16(20)15-17/h3,5-7,9,15H,4,8,10-14H2,1-2H3,(H,21,22,23). The van der Waals surface area contributed by atoms with Crippen molar-refractivity contribution in [2.45, 2.75) is 6.42 Å². The number of piperazine rings is 1. The molecule has 26 heavy (non-hydrogen) atoms. The molecule has 2 heterocycles. The number of anilines is 3. The summed E-state index contributed by atoms with van der Waals surface area (Å²) in [7, 11) is 4.17. The van der Waals surface area contributed by atoms with Gasteiger partial charge in [0.15, 0.2) is 0 Å². The number of nitrogens with zero attached hydrogens (tertiary/aromatic N) is 5. The topological polar surface area (TPSA) is 47.5 Å². The van der Waals surface area contributed by atoms with Gasteiger partial charge < -0.3 is 20.0 Å². The van der Waals surface area contributed by atoms with E-state index in [4.69, 9.17) is 11.6 Å². The first-order valence-corrected chi connectivity index (χ1v) is 9.47. The van der Waals surface area contributed by atoms with Crippen LogP contribution >= 0.6 is 11.6 Å². The van der Waals surface area contributed by atoms with Crippen molar-refractivity contribution in [3.8, 4) is 0 Å². The Labute approximate surface area is 160 Å². The normalized spacial score (nSPS) is 14.8. The Morgan fingerprint density at radius 2 is 1.88 bits per heavy atom. The van der Waals surface area contributed by atoms with Crippen LogP contribution in [0.4, 0.5) is 17.5 Å². The third-order valence-corrected chi connectivity index (χ3v) is 4.72. The molecule has 0 aliphatic carbocycles. The van der Waals surface area contributed by atoms with Crippen molar-refractivity contribution in [3.05, 3.63) is 41.6 Å². The summed E-state index contributed by atoms with van der Waals surface area (Å²) in [5.74, 6) is 1.69. The number of benzene rings is 1. The second kappa shape index (κ2) is 9.05. The van der Waals surface area contributed by atoms with Crippen LogP contribution in [0, 0.1) is 0 Å². The SMILES string of the molecule is CN(C)CCCNc1nccc(N2CCN(c3cccc(Cl)c3)CC2)n1. The van der Waals surface area contributed by atoms with Crippen molar-refractivity contribution in [2.24, 2.45) is 0 Å². The lowest BCUT2D eigenvalue weighted by atomic mass is 10.2. The maximum atomic E-state index is 6.11. The molecule has 0 unspecified atom stereocenters. The highest BCUT2D eigenvalue weighted by atomic mass is 35.5. The molecule has 0 saturated carbocycles. The van der Waals surface area contributed by atoms with E-state index in [2.05, 4.69) is 50.1 Å². The molecular weight excluding hydrogens is 348 g/mol. The van der Waals surface area contributed by atoms with Crippen molar-refractivity contribution in [1.82, 2.24) is 14.9 Å². The van der Waals surface area contributed by atoms with Gasteiger partial charge >= 0.3 is 0 Å². The number of nitrogens with one attached hydrogen (secondary N) is 1. The first-order valence-electron chi connectivity index (χ1n) is 9.09. The first kappa shape index (κ1) is 18.7. The maximum absolute atomic E-state index is 6.11. The van der Waals surface area contributed by atoms with E-state index in [-0.39, 0.29) is 0 Å². The van der Waals surface area contributed by atoms with E-state index in [1.165, 1.54) is 5.69 Å². The van der Waals surface area contributed by atoms with Crippen LogP contribution in [0.3, 0.4) is 0 Å². The highest BCUT2D eigenvalue weighted by molar-refractivity contribution is 6.30. The van der Waals surface area contributed by atoms with Gasteiger partial charge in [0.1, 0.15) is 5.82 Å². The molecule has 2 aromatic rings. The van der Waals surface area contributed by atoms with Crippen LogP contribution < -0.4 is 15.1 Å². The van der Waals surface area contributed by atoms with Gasteiger partial charge in [-0.1, -0.05) is 17.7 Å². The first-order chi connectivity index (χ1) is 12.6. The van der Waals surface area contributed by atoms with Crippen molar-refractivity contribution < 1.29 is 0 Å². The summed E-state index contributed by atoms with van der Waals surface area (Å²) >= 11 is 6.11. The molecule has 0 spiro atoms. The van der Waals surface area contributed by atoms with E-state index < -0.39 is 0 Å². The third kappa shape index (κ3) is 5.22. The molecule has 1 saturated heterocycles. The fraction of sp³-hybridized carbons (Fsp3) is 0.474. The Bertz CT molecular complexity index is 700. The van der Waals surface area contributed by atoms with Gasteiger partial charge in [-0.2, -0.15) is 4.98 Å². The van der Waals surface area contributed by atoms with Gasteiger partial charge in [0.05, 0.1) is 0 Å². The number of hydrogen-bond acceptors (Lipinski definition) is 6. The zero-order chi connectivity index (χ0) is 18.4. The van der Waals surface area contributed by atoms with Crippen LogP contribution in [-0.2, 0) is 0 Å². The summed E-state index contributed by atoms with van der Waals surface area (Å²) in [5, 5.41) is 4.10. The smallest absolute Gasteiger partial charge is 0.224 e. The van der Waals surface area contributed by atoms with Crippen molar-refractivity contribution in [2.75, 3.05) is 68.5 Å². The molecule has 0 amide bonds. The van der Waals surface area contributed by atoms with Crippen LogP contribution in [0.25, 0.3) is 0 Å². The zero-order valence-corrected chi connectivity index (χ0v) is 16.3. The minimum Gasteiger partial charge on any atom is -0.368 e. The third-order valence-electron chi connectivity index (χ3n) is 4.48. The lowest BCUT2D eigenvalue weighted by Gasteiger charge is -2.36. The summed E-state index contributed by atoms with van der Waals surface area (Å²) < 4.78 is 0. The predicted molar refractivity (Wildman–Crippen MR) is 110 cm³/mol. The minimum absolute atomic E-state index is 0.707. The monoisotopic (exact) mass is 374 g/mol. The maximum Gasteiger partial charge on any atom is 0.224 e. The van der Waals surface area contributed by atoms with Crippen LogP contribution in [0.15, 0.2) is 36.5 Å². The second-order valence-corrected chi connectivity index (χ2v) is 7.21. The van der Waals surface area contributed by atoms with E-state index >= 15 is 0 Å². The average molecular weight is 375 g/mol. The minimum atomic E-state index is 0.707. The molecule has 3 rings (SSSR count). The highest BCUT2D eigenvalue weighted by Gasteiger charge is 2.18. The lowest BCUT2D eigenvalue weighted by Crippen LogP contribution is -2.46. The summed E-state index contributed by atoms with van der Waals surface area (Å²) in [5.41, 5.74) is 1.18. The molecule has 0 radical (unpaired) electrons. The molecule has 0 atom stereocenters. The fourth-order valence-electron chi connectivity index (χ4n) is 3.07. The zero-order valence-electron chi connectivity index (χ0n) is 15.5. The van der Waals surface area contributed by atoms with Crippen molar-refractivity contribution in [1.29, 1.82) is 0 Å². The van der Waals surface area contributed by atoms with E-state index in [1.54, 1.807) is 0 Å². The molecular formula is C19H27ClN6. The van der Waals surface area contributed by atoms with E-state index in [9.17, 15) is 0 Å². The molecule has 1 aromatic carbocycles. The lowest BCUT2D eigenvalue weighted by molar-refractivity contribution is 0.405. The van der Waals surface area contributed by atoms with E-state index in [0.717, 1.165) is 56.5 Å². The molecule has 1 N–H and O–H groups in total. The van der Waals surface area contributed by atoms with Crippen LogP contribution in [0.5, 0.6) is 0 Å². The van der Waals surface area contributed by atoms with E-state index in [1.807, 2.05) is 30.5 Å². The predicted octanol–water partition coefficient (Wildman–Crippen LogP) is 2.82. The summed E-state index contributed by atoms with van der Waals surface area (Å²) in [6, 6.07) is 10.0. The van der Waals surface area contributed by atoms with Gasteiger partial charge in [-0.3, -0.25) is 0 Å². The van der Waals surface area contributed by atoms with Gasteiger partial charge in [-0.05, 0) is 51.3 Å². The largest absolute Gasteiger partial charge is 0.368 e. The van der Waals surface area contributed by atoms with Gasteiger partial charge in [0.2, 0.25) is 5.95 Å². The number of halogens is 1. The molecule has 1 fully saturated rings. The highest BCUT2D eigenvalue weighted by Crippen LogP contribution is 2.22. The molecule has 1 aliphatic rings. The Morgan fingerprint density at radius 1 is 1.12 bits per heavy atom. The van der Waals surface area contributed by atoms with Crippen molar-refractivity contribution >= 4 is 29.1 Å². The molecule has 0 bridgehead atoms. The number of aromatic nitrogens is 2.